The fourth-order valence-electron chi connectivity index (χ4n) is 1.90. The summed E-state index contributed by atoms with van der Waals surface area (Å²) in [4.78, 5) is 36.0. The minimum Gasteiger partial charge on any atom is -0.462 e. The van der Waals surface area contributed by atoms with Crippen LogP contribution in [0.4, 0.5) is 11.4 Å². The van der Waals surface area contributed by atoms with E-state index in [2.05, 4.69) is 5.32 Å². The van der Waals surface area contributed by atoms with E-state index in [4.69, 9.17) is 4.74 Å². The third-order valence-electron chi connectivity index (χ3n) is 2.76. The lowest BCUT2D eigenvalue weighted by Crippen LogP contribution is -2.41. The maximum absolute atomic E-state index is 11.7. The van der Waals surface area contributed by atoms with Crippen LogP contribution in [-0.2, 0) is 14.3 Å². The maximum Gasteiger partial charge on any atom is 0.338 e. The molecule has 0 saturated heterocycles. The Balaban J connectivity index is 2.42. The van der Waals surface area contributed by atoms with Gasteiger partial charge < -0.3 is 15.0 Å². The quantitative estimate of drug-likeness (QED) is 0.812. The first-order valence-electron chi connectivity index (χ1n) is 5.92. The van der Waals surface area contributed by atoms with Crippen LogP contribution in [0, 0.1) is 0 Å². The Bertz CT molecular complexity index is 554. The molecule has 0 aromatic heterocycles. The zero-order valence-corrected chi connectivity index (χ0v) is 10.7. The Morgan fingerprint density at radius 3 is 2.79 bits per heavy atom. The van der Waals surface area contributed by atoms with Gasteiger partial charge in [-0.15, -0.1) is 0 Å². The number of anilines is 2. The first-order valence-corrected chi connectivity index (χ1v) is 5.92. The van der Waals surface area contributed by atoms with Crippen molar-refractivity contribution in [3.63, 3.8) is 0 Å². The number of hydrogen-bond donors (Lipinski definition) is 1. The molecule has 100 valence electrons. The van der Waals surface area contributed by atoms with Crippen LogP contribution in [0.2, 0.25) is 0 Å². The summed E-state index contributed by atoms with van der Waals surface area (Å²) in [5.74, 6) is -0.964. The fraction of sp³-hybridized carbons (Fsp3) is 0.308. The molecule has 1 aromatic rings. The summed E-state index contributed by atoms with van der Waals surface area (Å²) in [6, 6.07) is 4.70. The number of hydrogen-bond acceptors (Lipinski definition) is 4. The van der Waals surface area contributed by atoms with Crippen molar-refractivity contribution in [2.24, 2.45) is 0 Å². The van der Waals surface area contributed by atoms with E-state index in [9.17, 15) is 14.4 Å². The topological polar surface area (TPSA) is 75.7 Å². The molecule has 1 N–H and O–H groups in total. The fourth-order valence-corrected chi connectivity index (χ4v) is 1.90. The van der Waals surface area contributed by atoms with Gasteiger partial charge in [0.15, 0.2) is 0 Å². The van der Waals surface area contributed by atoms with Crippen LogP contribution in [-0.4, -0.2) is 30.9 Å². The predicted molar refractivity (Wildman–Crippen MR) is 69.1 cm³/mol. The molecule has 0 spiro atoms. The smallest absolute Gasteiger partial charge is 0.338 e. The molecule has 6 nitrogen and oxygen atoms in total. The molecule has 0 unspecified atom stereocenters. The zero-order valence-electron chi connectivity index (χ0n) is 10.7. The number of nitrogens with zero attached hydrogens (tertiary/aromatic N) is 1. The van der Waals surface area contributed by atoms with E-state index < -0.39 is 5.97 Å². The summed E-state index contributed by atoms with van der Waals surface area (Å²) in [6.45, 7) is 3.33. The summed E-state index contributed by atoms with van der Waals surface area (Å²) in [5, 5.41) is 2.66. The molecule has 2 amide bonds. The third-order valence-corrected chi connectivity index (χ3v) is 2.76. The van der Waals surface area contributed by atoms with Crippen molar-refractivity contribution in [2.75, 3.05) is 23.4 Å². The van der Waals surface area contributed by atoms with Crippen molar-refractivity contribution in [3.8, 4) is 0 Å². The van der Waals surface area contributed by atoms with E-state index >= 15 is 0 Å². The van der Waals surface area contributed by atoms with Crippen molar-refractivity contribution in [3.05, 3.63) is 23.8 Å². The van der Waals surface area contributed by atoms with Crippen LogP contribution in [0.15, 0.2) is 18.2 Å². The second kappa shape index (κ2) is 5.09. The second-order valence-corrected chi connectivity index (χ2v) is 4.11. The molecular weight excluding hydrogens is 248 g/mol. The Kier molecular flexibility index (Phi) is 3.50. The largest absolute Gasteiger partial charge is 0.462 e. The highest BCUT2D eigenvalue weighted by atomic mass is 16.5. The second-order valence-electron chi connectivity index (χ2n) is 4.11. The van der Waals surface area contributed by atoms with Gasteiger partial charge in [0.25, 0.3) is 0 Å². The molecule has 1 heterocycles. The SMILES string of the molecule is CCOC(=O)c1ccc2c(c1)N(C(C)=O)CC(=O)N2. The number of fused-ring (bicyclic) bond motifs is 1. The molecule has 0 fully saturated rings. The lowest BCUT2D eigenvalue weighted by atomic mass is 10.1. The van der Waals surface area contributed by atoms with Crippen LogP contribution in [0.3, 0.4) is 0 Å². The normalized spacial score (nSPS) is 13.6. The summed E-state index contributed by atoms with van der Waals surface area (Å²) < 4.78 is 4.91. The molecule has 0 aliphatic carbocycles. The van der Waals surface area contributed by atoms with E-state index in [1.165, 1.54) is 11.8 Å². The minimum atomic E-state index is -0.453. The molecule has 0 saturated carbocycles. The van der Waals surface area contributed by atoms with Gasteiger partial charge in [0.1, 0.15) is 6.54 Å². The number of carbonyl (C=O) groups excluding carboxylic acids is 3. The van der Waals surface area contributed by atoms with Crippen molar-refractivity contribution in [1.82, 2.24) is 0 Å². The number of rotatable bonds is 2. The van der Waals surface area contributed by atoms with Gasteiger partial charge in [-0.25, -0.2) is 4.79 Å². The van der Waals surface area contributed by atoms with Crippen molar-refractivity contribution < 1.29 is 19.1 Å². The van der Waals surface area contributed by atoms with Gasteiger partial charge in [-0.2, -0.15) is 0 Å². The minimum absolute atomic E-state index is 0.0470. The van der Waals surface area contributed by atoms with Crippen LogP contribution in [0.1, 0.15) is 24.2 Å². The van der Waals surface area contributed by atoms with Gasteiger partial charge in [0, 0.05) is 6.92 Å². The third kappa shape index (κ3) is 2.57. The maximum atomic E-state index is 11.7. The highest BCUT2D eigenvalue weighted by Crippen LogP contribution is 2.30. The summed E-state index contributed by atoms with van der Waals surface area (Å²) in [5.41, 5.74) is 1.38. The number of carbonyl (C=O) groups is 3. The first-order chi connectivity index (χ1) is 9.02. The monoisotopic (exact) mass is 262 g/mol. The van der Waals surface area contributed by atoms with E-state index in [-0.39, 0.29) is 25.0 Å². The molecule has 1 aromatic carbocycles. The Morgan fingerprint density at radius 1 is 1.42 bits per heavy atom. The average molecular weight is 262 g/mol. The number of benzene rings is 1. The highest BCUT2D eigenvalue weighted by molar-refractivity contribution is 6.10. The van der Waals surface area contributed by atoms with E-state index in [1.807, 2.05) is 0 Å². The number of amides is 2. The summed E-state index contributed by atoms with van der Waals surface area (Å²) in [6.07, 6.45) is 0. The average Bonchev–Trinajstić information content (AvgIpc) is 2.37. The van der Waals surface area contributed by atoms with Crippen molar-refractivity contribution in [1.29, 1.82) is 0 Å². The molecule has 6 heteroatoms. The molecule has 1 aliphatic heterocycles. The van der Waals surface area contributed by atoms with Crippen LogP contribution in [0.5, 0.6) is 0 Å². The molecule has 0 bridgehead atoms. The van der Waals surface area contributed by atoms with Crippen molar-refractivity contribution >= 4 is 29.2 Å². The molecule has 1 aliphatic rings. The zero-order chi connectivity index (χ0) is 14.0. The molecule has 19 heavy (non-hydrogen) atoms. The van der Waals surface area contributed by atoms with Gasteiger partial charge in [-0.3, -0.25) is 9.59 Å². The number of nitrogens with one attached hydrogen (secondary N) is 1. The van der Waals surface area contributed by atoms with E-state index in [0.29, 0.717) is 16.9 Å². The Morgan fingerprint density at radius 2 is 2.16 bits per heavy atom. The van der Waals surface area contributed by atoms with Gasteiger partial charge >= 0.3 is 5.97 Å². The standard InChI is InChI=1S/C13H14N2O4/c1-3-19-13(18)9-4-5-10-11(6-9)15(8(2)16)7-12(17)14-10/h4-6H,3,7H2,1-2H3,(H,14,17). The number of esters is 1. The van der Waals surface area contributed by atoms with Crippen LogP contribution >= 0.6 is 0 Å². The van der Waals surface area contributed by atoms with Gasteiger partial charge in [0.2, 0.25) is 11.8 Å². The Hall–Kier alpha value is -2.37. The lowest BCUT2D eigenvalue weighted by molar-refractivity contribution is -0.120. The molecular formula is C13H14N2O4. The summed E-state index contributed by atoms with van der Waals surface area (Å²) >= 11 is 0. The van der Waals surface area contributed by atoms with E-state index in [0.717, 1.165) is 0 Å². The van der Waals surface area contributed by atoms with Crippen LogP contribution < -0.4 is 10.2 Å². The molecule has 0 radical (unpaired) electrons. The number of ether oxygens (including phenoxy) is 1. The highest BCUT2D eigenvalue weighted by Gasteiger charge is 2.25. The lowest BCUT2D eigenvalue weighted by Gasteiger charge is -2.28. The first kappa shape index (κ1) is 13.1. The molecule has 0 atom stereocenters. The Labute approximate surface area is 110 Å². The van der Waals surface area contributed by atoms with Gasteiger partial charge in [-0.1, -0.05) is 0 Å². The molecule has 2 rings (SSSR count). The van der Waals surface area contributed by atoms with E-state index in [1.54, 1.807) is 25.1 Å². The van der Waals surface area contributed by atoms with Crippen molar-refractivity contribution in [2.45, 2.75) is 13.8 Å². The van der Waals surface area contributed by atoms with Gasteiger partial charge in [0.05, 0.1) is 23.5 Å². The van der Waals surface area contributed by atoms with Gasteiger partial charge in [-0.05, 0) is 25.1 Å². The van der Waals surface area contributed by atoms with Crippen LogP contribution in [0.25, 0.3) is 0 Å². The predicted octanol–water partition coefficient (Wildman–Crippen LogP) is 1.17. The summed E-state index contributed by atoms with van der Waals surface area (Å²) in [7, 11) is 0.